The topological polar surface area (TPSA) is 29.4 Å². The third-order valence-corrected chi connectivity index (χ3v) is 4.55. The van der Waals surface area contributed by atoms with E-state index in [4.69, 9.17) is 17.0 Å². The first-order valence-electron chi connectivity index (χ1n) is 8.27. The number of methoxy groups -OCH3 is 1. The van der Waals surface area contributed by atoms with Gasteiger partial charge in [0.15, 0.2) is 5.11 Å². The smallest absolute Gasteiger partial charge is 0.170 e. The van der Waals surface area contributed by atoms with Gasteiger partial charge in [0.2, 0.25) is 0 Å². The van der Waals surface area contributed by atoms with Crippen LogP contribution in [0.15, 0.2) is 42.6 Å². The van der Waals surface area contributed by atoms with Crippen molar-refractivity contribution in [2.75, 3.05) is 13.7 Å². The Bertz CT molecular complexity index is 715. The van der Waals surface area contributed by atoms with Crippen LogP contribution < -0.4 is 10.1 Å². The number of benzene rings is 1. The van der Waals surface area contributed by atoms with Crippen LogP contribution in [0, 0.1) is 0 Å². The Morgan fingerprint density at radius 3 is 2.50 bits per heavy atom. The maximum Gasteiger partial charge on any atom is 0.170 e. The predicted molar refractivity (Wildman–Crippen MR) is 101 cm³/mol. The average Bonchev–Trinajstić information content (AvgIpc) is 3.01. The van der Waals surface area contributed by atoms with Crippen LogP contribution in [0.3, 0.4) is 0 Å². The maximum absolute atomic E-state index is 5.73. The molecule has 0 radical (unpaired) electrons. The standard InChI is InChI=1S/C19H25N3OS/c1-19(2,3)20-18(24)22-13-12-21-11-5-6-16(21)17(22)14-7-9-15(23-4)10-8-14/h5-11,17H,12-13H2,1-4H3,(H,20,24)/t17-/m0/s1. The monoisotopic (exact) mass is 343 g/mol. The lowest BCUT2D eigenvalue weighted by atomic mass is 10.00. The first-order valence-corrected chi connectivity index (χ1v) is 8.67. The summed E-state index contributed by atoms with van der Waals surface area (Å²) in [5, 5.41) is 4.26. The Kier molecular flexibility index (Phi) is 4.54. The van der Waals surface area contributed by atoms with E-state index in [1.807, 2.05) is 12.1 Å². The second kappa shape index (κ2) is 6.48. The first kappa shape index (κ1) is 16.8. The molecule has 1 aliphatic rings. The molecular weight excluding hydrogens is 318 g/mol. The summed E-state index contributed by atoms with van der Waals surface area (Å²) in [6.45, 7) is 8.23. The van der Waals surface area contributed by atoms with Crippen molar-refractivity contribution in [1.82, 2.24) is 14.8 Å². The van der Waals surface area contributed by atoms with Crippen LogP contribution in [0.4, 0.5) is 0 Å². The van der Waals surface area contributed by atoms with Crippen molar-refractivity contribution in [2.45, 2.75) is 38.9 Å². The molecule has 24 heavy (non-hydrogen) atoms. The molecule has 0 saturated heterocycles. The van der Waals surface area contributed by atoms with E-state index in [1.54, 1.807) is 7.11 Å². The van der Waals surface area contributed by atoms with Gasteiger partial charge in [-0.2, -0.15) is 0 Å². The number of thiocarbonyl (C=S) groups is 1. The highest BCUT2D eigenvalue weighted by molar-refractivity contribution is 7.80. The number of aromatic nitrogens is 1. The molecule has 1 N–H and O–H groups in total. The molecule has 0 bridgehead atoms. The van der Waals surface area contributed by atoms with Gasteiger partial charge in [0, 0.05) is 30.5 Å². The highest BCUT2D eigenvalue weighted by Gasteiger charge is 2.31. The van der Waals surface area contributed by atoms with Gasteiger partial charge in [0.25, 0.3) is 0 Å². The molecule has 2 aromatic rings. The second-order valence-corrected chi connectivity index (χ2v) is 7.56. The van der Waals surface area contributed by atoms with E-state index in [0.29, 0.717) is 0 Å². The van der Waals surface area contributed by atoms with Crippen molar-refractivity contribution in [1.29, 1.82) is 0 Å². The Balaban J connectivity index is 1.97. The highest BCUT2D eigenvalue weighted by atomic mass is 32.1. The van der Waals surface area contributed by atoms with Crippen molar-refractivity contribution in [3.63, 3.8) is 0 Å². The number of nitrogens with zero attached hydrogens (tertiary/aromatic N) is 2. The number of nitrogens with one attached hydrogen (secondary N) is 1. The molecule has 4 nitrogen and oxygen atoms in total. The molecule has 1 aromatic heterocycles. The van der Waals surface area contributed by atoms with Crippen LogP contribution in [-0.4, -0.2) is 33.8 Å². The van der Waals surface area contributed by atoms with Gasteiger partial charge in [-0.15, -0.1) is 0 Å². The summed E-state index contributed by atoms with van der Waals surface area (Å²) in [4.78, 5) is 2.29. The molecule has 0 aliphatic carbocycles. The third-order valence-electron chi connectivity index (χ3n) is 4.21. The van der Waals surface area contributed by atoms with E-state index in [9.17, 15) is 0 Å². The van der Waals surface area contributed by atoms with Gasteiger partial charge in [-0.3, -0.25) is 0 Å². The number of fused-ring (bicyclic) bond motifs is 1. The van der Waals surface area contributed by atoms with Crippen LogP contribution in [0.1, 0.15) is 38.1 Å². The maximum atomic E-state index is 5.73. The SMILES string of the molecule is COc1ccc([C@H]2c3cccn3CCN2C(=S)NC(C)(C)C)cc1. The minimum absolute atomic E-state index is 0.0546. The van der Waals surface area contributed by atoms with Gasteiger partial charge in [-0.1, -0.05) is 12.1 Å². The summed E-state index contributed by atoms with van der Waals surface area (Å²) in [6, 6.07) is 12.7. The molecule has 0 fully saturated rings. The molecule has 0 saturated carbocycles. The summed E-state index contributed by atoms with van der Waals surface area (Å²) in [5.41, 5.74) is 2.43. The average molecular weight is 343 g/mol. The van der Waals surface area contributed by atoms with Gasteiger partial charge in [0.05, 0.1) is 13.2 Å². The Morgan fingerprint density at radius 2 is 1.88 bits per heavy atom. The minimum atomic E-state index is -0.0546. The summed E-state index contributed by atoms with van der Waals surface area (Å²) < 4.78 is 7.60. The van der Waals surface area contributed by atoms with Crippen molar-refractivity contribution in [2.24, 2.45) is 0 Å². The molecule has 128 valence electrons. The summed E-state index contributed by atoms with van der Waals surface area (Å²) in [6.07, 6.45) is 2.14. The molecule has 0 amide bonds. The molecule has 0 unspecified atom stereocenters. The van der Waals surface area contributed by atoms with E-state index < -0.39 is 0 Å². The van der Waals surface area contributed by atoms with E-state index in [0.717, 1.165) is 24.0 Å². The van der Waals surface area contributed by atoms with Gasteiger partial charge < -0.3 is 19.5 Å². The number of hydrogen-bond donors (Lipinski definition) is 1. The van der Waals surface area contributed by atoms with Gasteiger partial charge in [-0.25, -0.2) is 0 Å². The molecular formula is C19H25N3OS. The largest absolute Gasteiger partial charge is 0.497 e. The zero-order chi connectivity index (χ0) is 17.3. The van der Waals surface area contributed by atoms with Crippen molar-refractivity contribution < 1.29 is 4.74 Å². The van der Waals surface area contributed by atoms with Crippen LogP contribution in [0.5, 0.6) is 5.75 Å². The number of rotatable bonds is 2. The number of hydrogen-bond acceptors (Lipinski definition) is 2. The lowest BCUT2D eigenvalue weighted by Crippen LogP contribution is -2.52. The fourth-order valence-corrected chi connectivity index (χ4v) is 3.63. The van der Waals surface area contributed by atoms with Crippen molar-refractivity contribution in [3.05, 3.63) is 53.9 Å². The zero-order valence-corrected chi connectivity index (χ0v) is 15.6. The zero-order valence-electron chi connectivity index (χ0n) is 14.7. The van der Waals surface area contributed by atoms with E-state index in [2.05, 4.69) is 66.0 Å². The highest BCUT2D eigenvalue weighted by Crippen LogP contribution is 2.33. The molecule has 1 aromatic carbocycles. The lowest BCUT2D eigenvalue weighted by molar-refractivity contribution is 0.278. The van der Waals surface area contributed by atoms with Crippen molar-refractivity contribution >= 4 is 17.3 Å². The molecule has 3 rings (SSSR count). The van der Waals surface area contributed by atoms with E-state index in [1.165, 1.54) is 11.3 Å². The third kappa shape index (κ3) is 3.41. The van der Waals surface area contributed by atoms with Gasteiger partial charge in [0.1, 0.15) is 5.75 Å². The molecule has 0 spiro atoms. The van der Waals surface area contributed by atoms with Crippen LogP contribution >= 0.6 is 12.2 Å². The molecule has 1 atom stereocenters. The Labute approximate surface area is 149 Å². The predicted octanol–water partition coefficient (Wildman–Crippen LogP) is 3.57. The second-order valence-electron chi connectivity index (χ2n) is 7.18. The number of ether oxygens (including phenoxy) is 1. The van der Waals surface area contributed by atoms with E-state index >= 15 is 0 Å². The van der Waals surface area contributed by atoms with Gasteiger partial charge in [-0.05, 0) is 62.8 Å². The van der Waals surface area contributed by atoms with Gasteiger partial charge >= 0.3 is 0 Å². The summed E-state index contributed by atoms with van der Waals surface area (Å²) in [5.74, 6) is 0.867. The Morgan fingerprint density at radius 1 is 1.17 bits per heavy atom. The first-order chi connectivity index (χ1) is 11.4. The normalized spacial score (nSPS) is 17.3. The quantitative estimate of drug-likeness (QED) is 0.844. The fraction of sp³-hybridized carbons (Fsp3) is 0.421. The summed E-state index contributed by atoms with van der Waals surface area (Å²) >= 11 is 5.73. The van der Waals surface area contributed by atoms with Crippen LogP contribution in [0.25, 0.3) is 0 Å². The Hall–Kier alpha value is -2.01. The van der Waals surface area contributed by atoms with Crippen LogP contribution in [-0.2, 0) is 6.54 Å². The molecule has 5 heteroatoms. The minimum Gasteiger partial charge on any atom is -0.497 e. The molecule has 2 heterocycles. The summed E-state index contributed by atoms with van der Waals surface area (Å²) in [7, 11) is 1.69. The van der Waals surface area contributed by atoms with Crippen molar-refractivity contribution in [3.8, 4) is 5.75 Å². The molecule has 1 aliphatic heterocycles. The fourth-order valence-electron chi connectivity index (χ4n) is 3.13. The van der Waals surface area contributed by atoms with E-state index in [-0.39, 0.29) is 11.6 Å². The lowest BCUT2D eigenvalue weighted by Gasteiger charge is -2.40. The van der Waals surface area contributed by atoms with Crippen LogP contribution in [0.2, 0.25) is 0 Å².